The summed E-state index contributed by atoms with van der Waals surface area (Å²) in [4.78, 5) is 11.4. The van der Waals surface area contributed by atoms with E-state index in [9.17, 15) is 21.6 Å². The lowest BCUT2D eigenvalue weighted by Gasteiger charge is -2.15. The maximum Gasteiger partial charge on any atom is 0.267 e. The number of anilines is 3. The van der Waals surface area contributed by atoms with E-state index in [2.05, 4.69) is 15.0 Å². The molecule has 10 nitrogen and oxygen atoms in total. The van der Waals surface area contributed by atoms with Gasteiger partial charge in [-0.25, -0.2) is 40.9 Å². The van der Waals surface area contributed by atoms with Crippen LogP contribution in [-0.4, -0.2) is 43.7 Å². The molecule has 0 fully saturated rings. The number of benzene rings is 3. The van der Waals surface area contributed by atoms with Gasteiger partial charge in [-0.05, 0) is 67.9 Å². The predicted molar refractivity (Wildman–Crippen MR) is 163 cm³/mol. The molecule has 0 aliphatic carbocycles. The summed E-state index contributed by atoms with van der Waals surface area (Å²) in [6, 6.07) is 9.76. The van der Waals surface area contributed by atoms with Gasteiger partial charge in [0, 0.05) is 30.4 Å². The molecule has 236 valence electrons. The normalized spacial score (nSPS) is 11.2. The van der Waals surface area contributed by atoms with Gasteiger partial charge in [0.1, 0.15) is 40.4 Å². The highest BCUT2D eigenvalue weighted by Crippen LogP contribution is 2.38. The van der Waals surface area contributed by atoms with Gasteiger partial charge >= 0.3 is 0 Å². The van der Waals surface area contributed by atoms with Crippen molar-refractivity contribution in [2.24, 2.45) is 0 Å². The number of methoxy groups -OCH3 is 1. The first-order valence-electron chi connectivity index (χ1n) is 13.3. The lowest BCUT2D eigenvalue weighted by Crippen LogP contribution is -2.17. The van der Waals surface area contributed by atoms with Crippen molar-refractivity contribution in [3.05, 3.63) is 84.1 Å². The summed E-state index contributed by atoms with van der Waals surface area (Å²) >= 11 is 0. The van der Waals surface area contributed by atoms with Crippen molar-refractivity contribution in [3.63, 3.8) is 0 Å². The maximum atomic E-state index is 15.6. The second-order valence-electron chi connectivity index (χ2n) is 9.20. The number of halogens is 4. The Labute approximate surface area is 256 Å². The highest BCUT2D eigenvalue weighted by Gasteiger charge is 2.27. The minimum absolute atomic E-state index is 0.0512. The summed E-state index contributed by atoms with van der Waals surface area (Å²) < 4.78 is 96.3. The summed E-state index contributed by atoms with van der Waals surface area (Å²) in [7, 11) is -3.63. The largest absolute Gasteiger partial charge is 0.494 e. The van der Waals surface area contributed by atoms with Crippen LogP contribution in [0.1, 0.15) is 13.8 Å². The Morgan fingerprint density at radius 1 is 0.867 bits per heavy atom. The van der Waals surface area contributed by atoms with Crippen LogP contribution in [0.15, 0.2) is 65.7 Å². The summed E-state index contributed by atoms with van der Waals surface area (Å²) in [5.74, 6) is -4.70. The lowest BCUT2D eigenvalue weighted by molar-refractivity contribution is 0.162. The predicted octanol–water partition coefficient (Wildman–Crippen LogP) is 5.93. The van der Waals surface area contributed by atoms with E-state index in [4.69, 9.17) is 20.9 Å². The van der Waals surface area contributed by atoms with Crippen molar-refractivity contribution in [1.29, 1.82) is 0 Å². The number of rotatable bonds is 8. The first kappa shape index (κ1) is 32.9. The minimum atomic E-state index is -4.94. The number of nitrogens with zero attached hydrogens (tertiary/aromatic N) is 3. The lowest BCUT2D eigenvalue weighted by atomic mass is 10.0. The van der Waals surface area contributed by atoms with Crippen LogP contribution in [0.3, 0.4) is 0 Å². The molecule has 5 N–H and O–H groups in total. The summed E-state index contributed by atoms with van der Waals surface area (Å²) in [6.45, 7) is 5.67. The zero-order valence-corrected chi connectivity index (χ0v) is 25.1. The van der Waals surface area contributed by atoms with Gasteiger partial charge in [-0.15, -0.1) is 0 Å². The molecule has 5 rings (SSSR count). The molecule has 0 spiro atoms. The Morgan fingerprint density at radius 3 is 2.13 bits per heavy atom. The highest BCUT2D eigenvalue weighted by atomic mass is 32.2. The average molecular weight is 645 g/mol. The van der Waals surface area contributed by atoms with Crippen LogP contribution in [0, 0.1) is 23.3 Å². The summed E-state index contributed by atoms with van der Waals surface area (Å²) in [6.07, 6.45) is 1.45. The van der Waals surface area contributed by atoms with E-state index in [-0.39, 0.29) is 39.7 Å². The fourth-order valence-electron chi connectivity index (χ4n) is 4.23. The zero-order chi connectivity index (χ0) is 32.9. The fraction of sp³-hybridized carbons (Fsp3) is 0.167. The highest BCUT2D eigenvalue weighted by molar-refractivity contribution is 7.92. The third kappa shape index (κ3) is 7.05. The topological polar surface area (TPSA) is 155 Å². The molecule has 15 heteroatoms. The number of aromatic nitrogens is 3. The number of ether oxygens (including phenoxy) is 2. The molecule has 0 saturated carbocycles. The Morgan fingerprint density at radius 2 is 1.56 bits per heavy atom. The Balaban J connectivity index is 0.000000854. The van der Waals surface area contributed by atoms with Crippen LogP contribution in [-0.2, 0) is 14.8 Å². The van der Waals surface area contributed by atoms with Crippen LogP contribution >= 0.6 is 0 Å². The van der Waals surface area contributed by atoms with Crippen LogP contribution in [0.5, 0.6) is 5.75 Å². The van der Waals surface area contributed by atoms with Gasteiger partial charge in [-0.1, -0.05) is 6.07 Å². The second kappa shape index (κ2) is 13.7. The summed E-state index contributed by atoms with van der Waals surface area (Å²) in [5, 5.41) is 0.180. The molecular formula is C30H28F4N6O4S. The van der Waals surface area contributed by atoms with Gasteiger partial charge < -0.3 is 20.9 Å². The maximum absolute atomic E-state index is 15.6. The van der Waals surface area contributed by atoms with E-state index >= 15 is 4.39 Å². The van der Waals surface area contributed by atoms with Crippen LogP contribution in [0.2, 0.25) is 0 Å². The van der Waals surface area contributed by atoms with Crippen LogP contribution in [0.25, 0.3) is 33.4 Å². The first-order valence-corrected chi connectivity index (χ1v) is 14.8. The number of sulfonamides is 1. The second-order valence-corrected chi connectivity index (χ2v) is 10.8. The van der Waals surface area contributed by atoms with Crippen molar-refractivity contribution in [2.75, 3.05) is 36.5 Å². The monoisotopic (exact) mass is 644 g/mol. The molecular weight excluding hydrogens is 616 g/mol. The molecule has 0 bridgehead atoms. The molecule has 0 radical (unpaired) electrons. The number of hydrogen-bond donors (Lipinski definition) is 3. The molecule has 2 aromatic heterocycles. The third-order valence-corrected chi connectivity index (χ3v) is 7.70. The molecule has 0 atom stereocenters. The molecule has 0 unspecified atom stereocenters. The minimum Gasteiger partial charge on any atom is -0.494 e. The van der Waals surface area contributed by atoms with E-state index < -0.39 is 49.4 Å². The number of pyridine rings is 1. The Hall–Kier alpha value is -5.02. The van der Waals surface area contributed by atoms with E-state index in [1.807, 2.05) is 13.8 Å². The molecule has 2 heterocycles. The zero-order valence-electron chi connectivity index (χ0n) is 24.2. The van der Waals surface area contributed by atoms with Crippen molar-refractivity contribution in [1.82, 2.24) is 15.0 Å². The molecule has 45 heavy (non-hydrogen) atoms. The SMILES string of the molecule is CCOCC.COc1cc(-c2c(F)ccc(NS(=O)(=O)c3c(F)cccc3F)c2F)cc2c(N)nc(-c3ccc(N)nc3)nc12. The van der Waals surface area contributed by atoms with Gasteiger partial charge in [-0.3, -0.25) is 4.72 Å². The van der Waals surface area contributed by atoms with Gasteiger partial charge in [0.25, 0.3) is 10.0 Å². The first-order chi connectivity index (χ1) is 21.4. The Bertz CT molecular complexity index is 1940. The van der Waals surface area contributed by atoms with E-state index in [0.717, 1.165) is 43.5 Å². The van der Waals surface area contributed by atoms with Gasteiger partial charge in [0.15, 0.2) is 16.5 Å². The number of nitrogens with two attached hydrogens (primary N) is 2. The summed E-state index contributed by atoms with van der Waals surface area (Å²) in [5.41, 5.74) is 11.0. The average Bonchev–Trinajstić information content (AvgIpc) is 2.99. The van der Waals surface area contributed by atoms with Crippen LogP contribution in [0.4, 0.5) is 34.9 Å². The number of hydrogen-bond acceptors (Lipinski definition) is 9. The standard InChI is InChI=1S/C26H18F4N6O3S.C4H10O/c1-39-19-10-13(9-14-23(19)34-26(35-25(14)32)12-5-8-20(31)33-11-12)21-15(27)6-7-18(22(21)30)36-40(37,38)24-16(28)3-2-4-17(24)29;1-3-5-4-2/h2-11,36H,1H3,(H2,31,33)(H2,32,34,35);3-4H2,1-2H3. The van der Waals surface area contributed by atoms with Crippen molar-refractivity contribution in [2.45, 2.75) is 18.7 Å². The molecule has 0 saturated heterocycles. The van der Waals surface area contributed by atoms with Crippen LogP contribution < -0.4 is 20.9 Å². The third-order valence-electron chi connectivity index (χ3n) is 6.28. The van der Waals surface area contributed by atoms with Crippen molar-refractivity contribution < 1.29 is 35.5 Å². The Kier molecular flexibility index (Phi) is 10.0. The van der Waals surface area contributed by atoms with Crippen molar-refractivity contribution in [3.8, 4) is 28.3 Å². The fourth-order valence-corrected chi connectivity index (χ4v) is 5.42. The van der Waals surface area contributed by atoms with E-state index in [1.54, 1.807) is 16.9 Å². The van der Waals surface area contributed by atoms with Gasteiger partial charge in [0.2, 0.25) is 0 Å². The number of fused-ring (bicyclic) bond motifs is 1. The quantitative estimate of drug-likeness (QED) is 0.174. The molecule has 0 amide bonds. The molecule has 0 aliphatic rings. The molecule has 0 aliphatic heterocycles. The smallest absolute Gasteiger partial charge is 0.267 e. The molecule has 3 aromatic carbocycles. The van der Waals surface area contributed by atoms with E-state index in [0.29, 0.717) is 5.56 Å². The van der Waals surface area contributed by atoms with E-state index in [1.165, 1.54) is 25.4 Å². The number of nitrogens with one attached hydrogen (secondary N) is 1. The number of nitrogen functional groups attached to an aromatic ring is 2. The molecule has 5 aromatic rings. The van der Waals surface area contributed by atoms with Gasteiger partial charge in [0.05, 0.1) is 18.4 Å². The van der Waals surface area contributed by atoms with Crippen molar-refractivity contribution >= 4 is 38.2 Å². The van der Waals surface area contributed by atoms with Gasteiger partial charge in [-0.2, -0.15) is 0 Å².